The number of nitriles is 1. The molecule has 0 radical (unpaired) electrons. The third-order valence-electron chi connectivity index (χ3n) is 7.69. The van der Waals surface area contributed by atoms with E-state index in [0.717, 1.165) is 55.0 Å². The molecule has 2 aromatic rings. The van der Waals surface area contributed by atoms with Gasteiger partial charge in [-0.3, -0.25) is 9.69 Å². The molecule has 5 rings (SSSR count). The lowest BCUT2D eigenvalue weighted by molar-refractivity contribution is -0.144. The average Bonchev–Trinajstić information content (AvgIpc) is 3.10. The van der Waals surface area contributed by atoms with Crippen LogP contribution in [0.25, 0.3) is 0 Å². The number of fused-ring (bicyclic) bond motifs is 2. The van der Waals surface area contributed by atoms with Gasteiger partial charge < -0.3 is 25.2 Å². The van der Waals surface area contributed by atoms with Crippen molar-refractivity contribution in [3.05, 3.63) is 59.2 Å². The molecule has 3 N–H and O–H groups in total. The number of aliphatic hydroxyl groups excluding tert-OH is 1. The highest BCUT2D eigenvalue weighted by Crippen LogP contribution is 2.47. The van der Waals surface area contributed by atoms with Crippen molar-refractivity contribution in [1.82, 2.24) is 10.2 Å². The number of carbonyl (C=O) groups excluding carboxylic acids is 1. The molecule has 8 heteroatoms. The lowest BCUT2D eigenvalue weighted by Gasteiger charge is -2.41. The maximum absolute atomic E-state index is 12.3. The molecule has 3 heterocycles. The van der Waals surface area contributed by atoms with Gasteiger partial charge in [-0.2, -0.15) is 5.26 Å². The summed E-state index contributed by atoms with van der Waals surface area (Å²) in [5.74, 6) is 0.752. The standard InChI is InChI=1S/C26H30N4O4/c1-28-23(31)26(16-33-17-26)19-3-5-20(6-4-19)34-13-12-30-10-8-25(9-11-30)21-14-18(15-27)2-7-22(21)29-24(25)32/h2-7,14,24,29,32H,8-13,16-17H2,1H3,(H,28,31). The van der Waals surface area contributed by atoms with Gasteiger partial charge in [0.1, 0.15) is 24.0 Å². The van der Waals surface area contributed by atoms with Crippen molar-refractivity contribution in [3.8, 4) is 11.8 Å². The molecule has 2 aromatic carbocycles. The zero-order chi connectivity index (χ0) is 23.8. The van der Waals surface area contributed by atoms with Crippen molar-refractivity contribution in [3.63, 3.8) is 0 Å². The van der Waals surface area contributed by atoms with Crippen LogP contribution in [0.3, 0.4) is 0 Å². The SMILES string of the molecule is CNC(=O)C1(c2ccc(OCCN3CCC4(CC3)c3cc(C#N)ccc3NC4O)cc2)COC1. The van der Waals surface area contributed by atoms with E-state index in [4.69, 9.17) is 9.47 Å². The van der Waals surface area contributed by atoms with Gasteiger partial charge in [0.25, 0.3) is 0 Å². The summed E-state index contributed by atoms with van der Waals surface area (Å²) in [6.45, 7) is 3.86. The number of nitrogens with one attached hydrogen (secondary N) is 2. The molecule has 0 bridgehead atoms. The smallest absolute Gasteiger partial charge is 0.235 e. The number of hydrogen-bond acceptors (Lipinski definition) is 7. The van der Waals surface area contributed by atoms with E-state index in [1.165, 1.54) is 0 Å². The number of likely N-dealkylation sites (N-methyl/N-ethyl adjacent to an activating group) is 1. The Hall–Kier alpha value is -3.12. The quantitative estimate of drug-likeness (QED) is 0.600. The zero-order valence-electron chi connectivity index (χ0n) is 19.3. The Morgan fingerprint density at radius 3 is 2.62 bits per heavy atom. The van der Waals surface area contributed by atoms with E-state index in [-0.39, 0.29) is 11.3 Å². The number of hydrogen-bond donors (Lipinski definition) is 3. The van der Waals surface area contributed by atoms with Crippen molar-refractivity contribution in [1.29, 1.82) is 5.26 Å². The number of ether oxygens (including phenoxy) is 2. The summed E-state index contributed by atoms with van der Waals surface area (Å²) < 4.78 is 11.3. The summed E-state index contributed by atoms with van der Waals surface area (Å²) in [6, 6.07) is 15.5. The van der Waals surface area contributed by atoms with Gasteiger partial charge in [0.15, 0.2) is 0 Å². The first kappa shape index (κ1) is 22.7. The molecule has 0 saturated carbocycles. The highest BCUT2D eigenvalue weighted by atomic mass is 16.5. The Bertz CT molecular complexity index is 1100. The van der Waals surface area contributed by atoms with Gasteiger partial charge in [-0.25, -0.2) is 0 Å². The highest BCUT2D eigenvalue weighted by Gasteiger charge is 2.48. The van der Waals surface area contributed by atoms with Crippen LogP contribution in [0.2, 0.25) is 0 Å². The Morgan fingerprint density at radius 1 is 1.26 bits per heavy atom. The van der Waals surface area contributed by atoms with Crippen molar-refractivity contribution < 1.29 is 19.4 Å². The van der Waals surface area contributed by atoms with Gasteiger partial charge in [0.2, 0.25) is 5.91 Å². The number of likely N-dealkylation sites (tertiary alicyclic amines) is 1. The van der Waals surface area contributed by atoms with Crippen molar-refractivity contribution in [2.24, 2.45) is 0 Å². The van der Waals surface area contributed by atoms with Gasteiger partial charge >= 0.3 is 0 Å². The number of piperidine rings is 1. The van der Waals surface area contributed by atoms with Crippen molar-refractivity contribution in [2.75, 3.05) is 51.8 Å². The summed E-state index contributed by atoms with van der Waals surface area (Å²) in [5.41, 5.74) is 2.61. The molecule has 2 saturated heterocycles. The number of carbonyl (C=O) groups is 1. The van der Waals surface area contributed by atoms with Gasteiger partial charge in [0.05, 0.1) is 24.8 Å². The van der Waals surface area contributed by atoms with E-state index in [0.29, 0.717) is 25.4 Å². The summed E-state index contributed by atoms with van der Waals surface area (Å²) in [4.78, 5) is 14.7. The highest BCUT2D eigenvalue weighted by molar-refractivity contribution is 5.89. The van der Waals surface area contributed by atoms with E-state index in [1.54, 1.807) is 13.1 Å². The van der Waals surface area contributed by atoms with Crippen LogP contribution in [0.4, 0.5) is 5.69 Å². The fraction of sp³-hybridized carbons (Fsp3) is 0.462. The van der Waals surface area contributed by atoms with Crippen LogP contribution < -0.4 is 15.4 Å². The van der Waals surface area contributed by atoms with E-state index < -0.39 is 11.6 Å². The fourth-order valence-electron chi connectivity index (χ4n) is 5.44. The maximum atomic E-state index is 12.3. The Balaban J connectivity index is 1.15. The molecular weight excluding hydrogens is 432 g/mol. The second-order valence-electron chi connectivity index (χ2n) is 9.44. The number of aliphatic hydroxyl groups is 1. The van der Waals surface area contributed by atoms with Gasteiger partial charge in [-0.1, -0.05) is 12.1 Å². The second-order valence-corrected chi connectivity index (χ2v) is 9.44. The molecule has 34 heavy (non-hydrogen) atoms. The Kier molecular flexibility index (Phi) is 5.94. The van der Waals surface area contributed by atoms with Crippen LogP contribution >= 0.6 is 0 Å². The molecule has 1 spiro atoms. The molecule has 0 aromatic heterocycles. The summed E-state index contributed by atoms with van der Waals surface area (Å²) in [6.07, 6.45) is 1.01. The lowest BCUT2D eigenvalue weighted by Crippen LogP contribution is -2.56. The number of rotatable bonds is 6. The summed E-state index contributed by atoms with van der Waals surface area (Å²) in [7, 11) is 1.65. The van der Waals surface area contributed by atoms with Crippen LogP contribution in [0.5, 0.6) is 5.75 Å². The average molecular weight is 463 g/mol. The molecule has 0 aliphatic carbocycles. The lowest BCUT2D eigenvalue weighted by atomic mass is 9.72. The third kappa shape index (κ3) is 3.70. The molecule has 1 unspecified atom stereocenters. The molecule has 8 nitrogen and oxygen atoms in total. The number of anilines is 1. The minimum atomic E-state index is -0.632. The van der Waals surface area contributed by atoms with Crippen LogP contribution in [-0.2, 0) is 20.4 Å². The zero-order valence-corrected chi connectivity index (χ0v) is 19.3. The van der Waals surface area contributed by atoms with Crippen molar-refractivity contribution in [2.45, 2.75) is 29.9 Å². The first-order valence-electron chi connectivity index (χ1n) is 11.8. The summed E-state index contributed by atoms with van der Waals surface area (Å²) >= 11 is 0. The largest absolute Gasteiger partial charge is 0.492 e. The number of nitrogens with zero attached hydrogens (tertiary/aromatic N) is 2. The van der Waals surface area contributed by atoms with Crippen LogP contribution in [0.15, 0.2) is 42.5 Å². The van der Waals surface area contributed by atoms with Crippen LogP contribution in [-0.4, -0.2) is 68.6 Å². The van der Waals surface area contributed by atoms with Gasteiger partial charge in [0, 0.05) is 24.7 Å². The van der Waals surface area contributed by atoms with E-state index in [2.05, 4.69) is 21.6 Å². The summed E-state index contributed by atoms with van der Waals surface area (Å²) in [5, 5.41) is 26.0. The van der Waals surface area contributed by atoms with E-state index in [1.807, 2.05) is 36.4 Å². The molecule has 1 atom stereocenters. The molecule has 178 valence electrons. The number of amides is 1. The molecular formula is C26H30N4O4. The van der Waals surface area contributed by atoms with Crippen LogP contribution in [0.1, 0.15) is 29.5 Å². The predicted octanol–water partition coefficient (Wildman–Crippen LogP) is 1.73. The maximum Gasteiger partial charge on any atom is 0.235 e. The topological polar surface area (TPSA) is 107 Å². The number of benzene rings is 2. The predicted molar refractivity (Wildman–Crippen MR) is 127 cm³/mol. The minimum Gasteiger partial charge on any atom is -0.492 e. The van der Waals surface area contributed by atoms with Gasteiger partial charge in [-0.05, 0) is 67.4 Å². The van der Waals surface area contributed by atoms with Crippen LogP contribution in [0, 0.1) is 11.3 Å². The molecule has 3 aliphatic rings. The first-order chi connectivity index (χ1) is 16.5. The minimum absolute atomic E-state index is 0.0238. The normalized spacial score (nSPS) is 22.2. The Morgan fingerprint density at radius 2 is 2.00 bits per heavy atom. The third-order valence-corrected chi connectivity index (χ3v) is 7.69. The molecule has 1 amide bonds. The molecule has 2 fully saturated rings. The van der Waals surface area contributed by atoms with E-state index >= 15 is 0 Å². The fourth-order valence-corrected chi connectivity index (χ4v) is 5.44. The second kappa shape index (κ2) is 8.91. The molecule has 3 aliphatic heterocycles. The van der Waals surface area contributed by atoms with Crippen molar-refractivity contribution >= 4 is 11.6 Å². The van der Waals surface area contributed by atoms with E-state index in [9.17, 15) is 15.2 Å². The Labute approximate surface area is 199 Å². The first-order valence-corrected chi connectivity index (χ1v) is 11.8. The monoisotopic (exact) mass is 462 g/mol. The van der Waals surface area contributed by atoms with Gasteiger partial charge in [-0.15, -0.1) is 0 Å².